The topological polar surface area (TPSA) is 104 Å². The Morgan fingerprint density at radius 2 is 1.95 bits per heavy atom. The molecular weight excluding hydrogens is 270 g/mol. The number of aryl methyl sites for hydroxylation is 2. The summed E-state index contributed by atoms with van der Waals surface area (Å²) in [5.41, 5.74) is 2.28. The molecule has 0 radical (unpaired) electrons. The number of aromatic hydroxyl groups is 1. The highest BCUT2D eigenvalue weighted by atomic mass is 16.3. The van der Waals surface area contributed by atoms with Crippen LogP contribution in [-0.2, 0) is 0 Å². The monoisotopic (exact) mass is 283 g/mol. The molecule has 0 aliphatic rings. The predicted octanol–water partition coefficient (Wildman–Crippen LogP) is 1.78. The van der Waals surface area contributed by atoms with E-state index in [0.29, 0.717) is 5.95 Å². The summed E-state index contributed by atoms with van der Waals surface area (Å²) in [5.74, 6) is 0.0258. The van der Waals surface area contributed by atoms with Crippen molar-refractivity contribution in [2.45, 2.75) is 13.8 Å². The number of aromatic nitrogens is 4. The number of nitrogens with zero attached hydrogens (tertiary/aromatic N) is 3. The number of rotatable bonds is 2. The normalized spacial score (nSPS) is 10.8. The number of fused-ring (bicyclic) bond motifs is 1. The zero-order valence-corrected chi connectivity index (χ0v) is 11.5. The summed E-state index contributed by atoms with van der Waals surface area (Å²) in [7, 11) is 0. The zero-order chi connectivity index (χ0) is 15.0. The largest absolute Gasteiger partial charge is 0.493 e. The standard InChI is InChI=1S/C14H13N5O2/c1-7-3-4-10-9(5-7)8(2)15-13(16-10)19-14-17-11(20)6-12(21)18-14/h3-6H,1-2H3,(H3,15,16,17,18,19,20,21). The molecule has 0 saturated carbocycles. The van der Waals surface area contributed by atoms with Gasteiger partial charge in [-0.1, -0.05) is 11.6 Å². The van der Waals surface area contributed by atoms with Gasteiger partial charge in [0.1, 0.15) is 0 Å². The molecule has 0 atom stereocenters. The molecule has 0 unspecified atom stereocenters. The second-order valence-electron chi connectivity index (χ2n) is 4.73. The van der Waals surface area contributed by atoms with Crippen molar-refractivity contribution in [1.82, 2.24) is 19.9 Å². The van der Waals surface area contributed by atoms with Gasteiger partial charge in [-0.2, -0.15) is 4.98 Å². The molecule has 0 fully saturated rings. The average molecular weight is 283 g/mol. The summed E-state index contributed by atoms with van der Waals surface area (Å²) in [6.07, 6.45) is 0. The van der Waals surface area contributed by atoms with Crippen molar-refractivity contribution in [3.63, 3.8) is 0 Å². The maximum atomic E-state index is 11.3. The molecule has 0 amide bonds. The Morgan fingerprint density at radius 3 is 2.71 bits per heavy atom. The van der Waals surface area contributed by atoms with Gasteiger partial charge in [0.15, 0.2) is 0 Å². The lowest BCUT2D eigenvalue weighted by Crippen LogP contribution is -2.10. The lowest BCUT2D eigenvalue weighted by Gasteiger charge is -2.07. The summed E-state index contributed by atoms with van der Waals surface area (Å²) < 4.78 is 0. The molecule has 3 rings (SSSR count). The Bertz CT molecular complexity index is 888. The Hall–Kier alpha value is -2.96. The van der Waals surface area contributed by atoms with E-state index < -0.39 is 5.56 Å². The lowest BCUT2D eigenvalue weighted by atomic mass is 10.1. The van der Waals surface area contributed by atoms with Gasteiger partial charge in [-0.05, 0) is 26.0 Å². The van der Waals surface area contributed by atoms with Crippen LogP contribution < -0.4 is 10.9 Å². The molecule has 1 aromatic carbocycles. The van der Waals surface area contributed by atoms with Crippen molar-refractivity contribution in [2.24, 2.45) is 0 Å². The van der Waals surface area contributed by atoms with Crippen LogP contribution in [0.4, 0.5) is 11.9 Å². The van der Waals surface area contributed by atoms with Crippen molar-refractivity contribution in [1.29, 1.82) is 0 Å². The third-order valence-electron chi connectivity index (χ3n) is 3.00. The van der Waals surface area contributed by atoms with Gasteiger partial charge in [-0.3, -0.25) is 15.1 Å². The van der Waals surface area contributed by atoms with Crippen LogP contribution >= 0.6 is 0 Å². The zero-order valence-electron chi connectivity index (χ0n) is 11.5. The molecule has 7 heteroatoms. The highest BCUT2D eigenvalue weighted by molar-refractivity contribution is 5.82. The fourth-order valence-electron chi connectivity index (χ4n) is 2.06. The molecule has 21 heavy (non-hydrogen) atoms. The van der Waals surface area contributed by atoms with Crippen LogP contribution in [-0.4, -0.2) is 25.0 Å². The number of benzene rings is 1. The van der Waals surface area contributed by atoms with Gasteiger partial charge in [0.25, 0.3) is 5.56 Å². The van der Waals surface area contributed by atoms with Gasteiger partial charge < -0.3 is 5.11 Å². The SMILES string of the molecule is Cc1ccc2nc(Nc3nc(O)cc(=O)[nH]3)nc(C)c2c1. The second-order valence-corrected chi connectivity index (χ2v) is 4.73. The first kappa shape index (κ1) is 13.0. The van der Waals surface area contributed by atoms with E-state index in [0.717, 1.165) is 28.2 Å². The maximum Gasteiger partial charge on any atom is 0.256 e. The molecular formula is C14H13N5O2. The summed E-state index contributed by atoms with van der Waals surface area (Å²) >= 11 is 0. The van der Waals surface area contributed by atoms with Crippen molar-refractivity contribution >= 4 is 22.8 Å². The smallest absolute Gasteiger partial charge is 0.256 e. The van der Waals surface area contributed by atoms with Crippen LogP contribution in [0.2, 0.25) is 0 Å². The molecule has 3 N–H and O–H groups in total. The molecule has 2 heterocycles. The van der Waals surface area contributed by atoms with E-state index in [4.69, 9.17) is 0 Å². The molecule has 0 bridgehead atoms. The van der Waals surface area contributed by atoms with Gasteiger partial charge in [0.2, 0.25) is 17.8 Å². The van der Waals surface area contributed by atoms with Crippen LogP contribution in [0.25, 0.3) is 10.9 Å². The minimum Gasteiger partial charge on any atom is -0.493 e. The molecule has 7 nitrogen and oxygen atoms in total. The van der Waals surface area contributed by atoms with Crippen molar-refractivity contribution in [2.75, 3.05) is 5.32 Å². The first-order chi connectivity index (χ1) is 10.0. The minimum atomic E-state index is -0.460. The van der Waals surface area contributed by atoms with E-state index in [9.17, 15) is 9.90 Å². The Balaban J connectivity index is 2.05. The highest BCUT2D eigenvalue weighted by Gasteiger charge is 2.07. The summed E-state index contributed by atoms with van der Waals surface area (Å²) in [6, 6.07) is 6.87. The van der Waals surface area contributed by atoms with Crippen LogP contribution in [0, 0.1) is 13.8 Å². The van der Waals surface area contributed by atoms with Crippen LogP contribution in [0.3, 0.4) is 0 Å². The van der Waals surface area contributed by atoms with Gasteiger partial charge >= 0.3 is 0 Å². The molecule has 0 saturated heterocycles. The summed E-state index contributed by atoms with van der Waals surface area (Å²) in [6.45, 7) is 3.89. The van der Waals surface area contributed by atoms with Crippen LogP contribution in [0.15, 0.2) is 29.1 Å². The molecule has 0 aliphatic heterocycles. The lowest BCUT2D eigenvalue weighted by molar-refractivity contribution is 0.452. The van der Waals surface area contributed by atoms with E-state index in [1.807, 2.05) is 32.0 Å². The minimum absolute atomic E-state index is 0.0888. The van der Waals surface area contributed by atoms with Crippen molar-refractivity contribution < 1.29 is 5.11 Å². The van der Waals surface area contributed by atoms with Gasteiger partial charge in [0, 0.05) is 5.39 Å². The van der Waals surface area contributed by atoms with E-state index in [-0.39, 0.29) is 11.8 Å². The Kier molecular flexibility index (Phi) is 3.02. The summed E-state index contributed by atoms with van der Waals surface area (Å²) in [5, 5.41) is 13.1. The first-order valence-corrected chi connectivity index (χ1v) is 6.33. The van der Waals surface area contributed by atoms with E-state index >= 15 is 0 Å². The Morgan fingerprint density at radius 1 is 1.14 bits per heavy atom. The predicted molar refractivity (Wildman–Crippen MR) is 78.8 cm³/mol. The molecule has 0 aliphatic carbocycles. The fourth-order valence-corrected chi connectivity index (χ4v) is 2.06. The summed E-state index contributed by atoms with van der Waals surface area (Å²) in [4.78, 5) is 26.2. The molecule has 0 spiro atoms. The fraction of sp³-hybridized carbons (Fsp3) is 0.143. The van der Waals surface area contributed by atoms with Crippen molar-refractivity contribution in [3.8, 4) is 5.88 Å². The van der Waals surface area contributed by atoms with E-state index in [2.05, 4.69) is 25.3 Å². The molecule has 3 aromatic rings. The number of aromatic amines is 1. The highest BCUT2D eigenvalue weighted by Crippen LogP contribution is 2.19. The number of H-pyrrole nitrogens is 1. The molecule has 2 aromatic heterocycles. The van der Waals surface area contributed by atoms with Gasteiger partial charge in [-0.15, -0.1) is 0 Å². The average Bonchev–Trinajstić information content (AvgIpc) is 2.38. The number of nitrogens with one attached hydrogen (secondary N) is 2. The third-order valence-corrected chi connectivity index (χ3v) is 3.00. The van der Waals surface area contributed by atoms with E-state index in [1.165, 1.54) is 0 Å². The number of anilines is 2. The Labute approximate surface area is 119 Å². The second kappa shape index (κ2) is 4.86. The quantitative estimate of drug-likeness (QED) is 0.662. The van der Waals surface area contributed by atoms with Gasteiger partial charge in [-0.25, -0.2) is 9.97 Å². The van der Waals surface area contributed by atoms with Crippen molar-refractivity contribution in [3.05, 3.63) is 45.9 Å². The van der Waals surface area contributed by atoms with Gasteiger partial charge in [0.05, 0.1) is 17.3 Å². The van der Waals surface area contributed by atoms with Crippen LogP contribution in [0.1, 0.15) is 11.3 Å². The van der Waals surface area contributed by atoms with E-state index in [1.54, 1.807) is 0 Å². The number of hydrogen-bond acceptors (Lipinski definition) is 6. The van der Waals surface area contributed by atoms with Crippen LogP contribution in [0.5, 0.6) is 5.88 Å². The number of hydrogen-bond donors (Lipinski definition) is 3. The first-order valence-electron chi connectivity index (χ1n) is 6.33. The molecule has 106 valence electrons. The third kappa shape index (κ3) is 2.66. The maximum absolute atomic E-state index is 11.3.